The van der Waals surface area contributed by atoms with Gasteiger partial charge in [-0.1, -0.05) is 72.8 Å². The molecule has 0 aromatic heterocycles. The smallest absolute Gasteiger partial charge is 0.0650 e. The largest absolute Gasteiger partial charge is 0.377 e. The second-order valence-electron chi connectivity index (χ2n) is 6.56. The fourth-order valence-corrected chi connectivity index (χ4v) is 3.20. The summed E-state index contributed by atoms with van der Waals surface area (Å²) in [5.74, 6) is 0.710. The highest BCUT2D eigenvalue weighted by atomic mass is 35.5. The predicted molar refractivity (Wildman–Crippen MR) is 108 cm³/mol. The Morgan fingerprint density at radius 1 is 0.920 bits per heavy atom. The highest BCUT2D eigenvalue weighted by molar-refractivity contribution is 5.85. The van der Waals surface area contributed by atoms with E-state index in [9.17, 15) is 0 Å². The van der Waals surface area contributed by atoms with Crippen LogP contribution in [0.4, 0.5) is 0 Å². The first-order valence-corrected chi connectivity index (χ1v) is 8.96. The van der Waals surface area contributed by atoms with Gasteiger partial charge in [0.15, 0.2) is 0 Å². The van der Waals surface area contributed by atoms with Crippen molar-refractivity contribution in [2.75, 3.05) is 26.3 Å². The van der Waals surface area contributed by atoms with Crippen molar-refractivity contribution >= 4 is 18.5 Å². The van der Waals surface area contributed by atoms with Crippen molar-refractivity contribution < 1.29 is 4.74 Å². The van der Waals surface area contributed by atoms with E-state index >= 15 is 0 Å². The van der Waals surface area contributed by atoms with Crippen molar-refractivity contribution in [2.45, 2.75) is 19.4 Å². The number of piperidine rings is 1. The van der Waals surface area contributed by atoms with Crippen LogP contribution in [0.15, 0.2) is 66.7 Å². The van der Waals surface area contributed by atoms with E-state index in [1.54, 1.807) is 0 Å². The average molecular weight is 358 g/mol. The lowest BCUT2D eigenvalue weighted by atomic mass is 9.97. The summed E-state index contributed by atoms with van der Waals surface area (Å²) < 4.78 is 5.84. The van der Waals surface area contributed by atoms with E-state index in [4.69, 9.17) is 4.74 Å². The Bertz CT molecular complexity index is 606. The fourth-order valence-electron chi connectivity index (χ4n) is 3.20. The number of hydrogen-bond donors (Lipinski definition) is 0. The van der Waals surface area contributed by atoms with E-state index in [2.05, 4.69) is 71.6 Å². The Balaban J connectivity index is 0.00000225. The summed E-state index contributed by atoms with van der Waals surface area (Å²) >= 11 is 0. The van der Waals surface area contributed by atoms with Crippen LogP contribution in [-0.2, 0) is 11.3 Å². The summed E-state index contributed by atoms with van der Waals surface area (Å²) in [4.78, 5) is 2.56. The highest BCUT2D eigenvalue weighted by Gasteiger charge is 2.19. The number of likely N-dealkylation sites (tertiary alicyclic amines) is 1. The lowest BCUT2D eigenvalue weighted by molar-refractivity contribution is 0.0801. The molecule has 0 spiro atoms. The average Bonchev–Trinajstić information content (AvgIpc) is 2.65. The first kappa shape index (κ1) is 19.7. The van der Waals surface area contributed by atoms with Crippen molar-refractivity contribution in [3.63, 3.8) is 0 Å². The zero-order valence-corrected chi connectivity index (χ0v) is 15.5. The van der Waals surface area contributed by atoms with Crippen molar-refractivity contribution in [1.82, 2.24) is 4.90 Å². The van der Waals surface area contributed by atoms with Crippen LogP contribution in [0.3, 0.4) is 0 Å². The van der Waals surface area contributed by atoms with Crippen LogP contribution in [0.2, 0.25) is 0 Å². The number of rotatable bonds is 7. The van der Waals surface area contributed by atoms with Gasteiger partial charge in [0.05, 0.1) is 6.61 Å². The van der Waals surface area contributed by atoms with Crippen molar-refractivity contribution in [1.29, 1.82) is 0 Å². The second-order valence-corrected chi connectivity index (χ2v) is 6.56. The maximum absolute atomic E-state index is 5.84. The van der Waals surface area contributed by atoms with Crippen LogP contribution in [0.5, 0.6) is 0 Å². The van der Waals surface area contributed by atoms with Gasteiger partial charge in [0.25, 0.3) is 0 Å². The molecule has 0 N–H and O–H groups in total. The first-order chi connectivity index (χ1) is 11.9. The molecule has 2 nitrogen and oxygen atoms in total. The summed E-state index contributed by atoms with van der Waals surface area (Å²) in [6.45, 7) is 5.04. The molecule has 1 fully saturated rings. The predicted octanol–water partition coefficient (Wildman–Crippen LogP) is 5.05. The van der Waals surface area contributed by atoms with Gasteiger partial charge in [0.1, 0.15) is 0 Å². The lowest BCUT2D eigenvalue weighted by Gasteiger charge is -2.31. The minimum absolute atomic E-state index is 0. The van der Waals surface area contributed by atoms with E-state index < -0.39 is 0 Å². The summed E-state index contributed by atoms with van der Waals surface area (Å²) in [5.41, 5.74) is 2.65. The second kappa shape index (κ2) is 11.1. The zero-order valence-electron chi connectivity index (χ0n) is 14.7. The molecule has 2 aromatic rings. The Labute approximate surface area is 157 Å². The van der Waals surface area contributed by atoms with Gasteiger partial charge in [-0.15, -0.1) is 12.4 Å². The molecule has 0 amide bonds. The van der Waals surface area contributed by atoms with E-state index in [-0.39, 0.29) is 12.4 Å². The van der Waals surface area contributed by atoms with E-state index in [0.717, 1.165) is 13.2 Å². The summed E-state index contributed by atoms with van der Waals surface area (Å²) in [6.07, 6.45) is 6.73. The molecule has 0 radical (unpaired) electrons. The molecule has 3 rings (SSSR count). The molecule has 1 aliphatic rings. The number of ether oxygens (including phenoxy) is 1. The Kier molecular flexibility index (Phi) is 8.75. The molecule has 1 saturated heterocycles. The number of nitrogens with zero attached hydrogens (tertiary/aromatic N) is 1. The molecule has 0 saturated carbocycles. The van der Waals surface area contributed by atoms with Crippen LogP contribution >= 0.6 is 12.4 Å². The van der Waals surface area contributed by atoms with Crippen molar-refractivity contribution in [3.05, 3.63) is 77.9 Å². The van der Waals surface area contributed by atoms with Gasteiger partial charge < -0.3 is 4.74 Å². The SMILES string of the molecule is C(=Cc1ccccc1)COCC1CCN(Cc2ccccc2)CC1.Cl. The molecule has 1 heterocycles. The molecule has 0 atom stereocenters. The molecule has 25 heavy (non-hydrogen) atoms. The van der Waals surface area contributed by atoms with Crippen molar-refractivity contribution in [2.24, 2.45) is 5.92 Å². The third-order valence-corrected chi connectivity index (χ3v) is 4.63. The third kappa shape index (κ3) is 7.03. The standard InChI is InChI=1S/C22H27NO.ClH/c1-3-8-20(9-4-1)12-7-17-24-19-22-13-15-23(16-14-22)18-21-10-5-2-6-11-21;/h1-12,22H,13-19H2;1H. The molecule has 3 heteroatoms. The highest BCUT2D eigenvalue weighted by Crippen LogP contribution is 2.19. The van der Waals surface area contributed by atoms with Crippen LogP contribution in [0, 0.1) is 5.92 Å². The van der Waals surface area contributed by atoms with E-state index in [1.807, 2.05) is 6.07 Å². The van der Waals surface area contributed by atoms with Crippen LogP contribution in [0.25, 0.3) is 6.08 Å². The number of benzene rings is 2. The Hall–Kier alpha value is -1.61. The van der Waals surface area contributed by atoms with Gasteiger partial charge in [-0.25, -0.2) is 0 Å². The number of hydrogen-bond acceptors (Lipinski definition) is 2. The van der Waals surface area contributed by atoms with Gasteiger partial charge >= 0.3 is 0 Å². The third-order valence-electron chi connectivity index (χ3n) is 4.63. The summed E-state index contributed by atoms with van der Waals surface area (Å²) in [5, 5.41) is 0. The maximum Gasteiger partial charge on any atom is 0.0650 e. The monoisotopic (exact) mass is 357 g/mol. The van der Waals surface area contributed by atoms with E-state index in [0.29, 0.717) is 12.5 Å². The molecule has 0 bridgehead atoms. The van der Waals surface area contributed by atoms with Crippen LogP contribution in [0.1, 0.15) is 24.0 Å². The quantitative estimate of drug-likeness (QED) is 0.643. The van der Waals surface area contributed by atoms with Gasteiger partial charge in [-0.3, -0.25) is 4.90 Å². The van der Waals surface area contributed by atoms with Crippen LogP contribution in [-0.4, -0.2) is 31.2 Å². The fraction of sp³-hybridized carbons (Fsp3) is 0.364. The van der Waals surface area contributed by atoms with Gasteiger partial charge in [-0.05, 0) is 43.0 Å². The number of halogens is 1. The molecule has 2 aromatic carbocycles. The molecular weight excluding hydrogens is 330 g/mol. The Morgan fingerprint density at radius 2 is 1.56 bits per heavy atom. The first-order valence-electron chi connectivity index (χ1n) is 8.96. The molecule has 134 valence electrons. The molecule has 1 aliphatic heterocycles. The van der Waals surface area contributed by atoms with Crippen molar-refractivity contribution in [3.8, 4) is 0 Å². The summed E-state index contributed by atoms with van der Waals surface area (Å²) in [6, 6.07) is 21.1. The Morgan fingerprint density at radius 3 is 2.24 bits per heavy atom. The molecule has 0 aliphatic carbocycles. The minimum atomic E-state index is 0. The van der Waals surface area contributed by atoms with Gasteiger partial charge in [-0.2, -0.15) is 0 Å². The molecule has 0 unspecified atom stereocenters. The zero-order chi connectivity index (χ0) is 16.5. The topological polar surface area (TPSA) is 12.5 Å². The normalized spacial score (nSPS) is 16.0. The maximum atomic E-state index is 5.84. The minimum Gasteiger partial charge on any atom is -0.377 e. The van der Waals surface area contributed by atoms with Crippen LogP contribution < -0.4 is 0 Å². The molecular formula is C22H28ClNO. The van der Waals surface area contributed by atoms with Gasteiger partial charge in [0.2, 0.25) is 0 Å². The lowest BCUT2D eigenvalue weighted by Crippen LogP contribution is -2.34. The summed E-state index contributed by atoms with van der Waals surface area (Å²) in [7, 11) is 0. The van der Waals surface area contributed by atoms with Gasteiger partial charge in [0, 0.05) is 13.2 Å². The van der Waals surface area contributed by atoms with E-state index in [1.165, 1.54) is 37.1 Å².